The minimum Gasteiger partial charge on any atom is -0.496 e. The Labute approximate surface area is 248 Å². The molecule has 1 N–H and O–H groups in total. The molecule has 216 valence electrons. The highest BCUT2D eigenvalue weighted by Crippen LogP contribution is 2.42. The number of rotatable bonds is 12. The average Bonchev–Trinajstić information content (AvgIpc) is 2.96. The zero-order chi connectivity index (χ0) is 29.5. The van der Waals surface area contributed by atoms with E-state index in [4.69, 9.17) is 14.2 Å². The summed E-state index contributed by atoms with van der Waals surface area (Å²) in [5.41, 5.74) is 0.913. The molecular formula is C28H31N5O5S3. The zero-order valence-corrected chi connectivity index (χ0v) is 25.8. The summed E-state index contributed by atoms with van der Waals surface area (Å²) in [5, 5.41) is 0. The molecule has 2 heterocycles. The molecule has 0 saturated heterocycles. The van der Waals surface area contributed by atoms with E-state index in [-0.39, 0.29) is 41.2 Å². The minimum atomic E-state index is -3.97. The topological polar surface area (TPSA) is 125 Å². The quantitative estimate of drug-likeness (QED) is 0.156. The number of aromatic nitrogens is 4. The van der Waals surface area contributed by atoms with Crippen molar-refractivity contribution in [3.8, 4) is 17.6 Å². The van der Waals surface area contributed by atoms with Crippen molar-refractivity contribution < 1.29 is 22.6 Å². The molecule has 2 aromatic carbocycles. The number of hydrogen-bond donors (Lipinski definition) is 1. The predicted molar refractivity (Wildman–Crippen MR) is 160 cm³/mol. The van der Waals surface area contributed by atoms with E-state index in [1.165, 1.54) is 29.9 Å². The van der Waals surface area contributed by atoms with Gasteiger partial charge in [0.15, 0.2) is 5.82 Å². The van der Waals surface area contributed by atoms with Crippen LogP contribution in [0.3, 0.4) is 0 Å². The number of para-hydroxylation sites is 1. The third kappa shape index (κ3) is 8.02. The van der Waals surface area contributed by atoms with Gasteiger partial charge in [-0.05, 0) is 41.5 Å². The smallest absolute Gasteiger partial charge is 0.316 e. The number of benzene rings is 2. The highest BCUT2D eigenvalue weighted by Gasteiger charge is 2.23. The van der Waals surface area contributed by atoms with Crippen LogP contribution in [0.25, 0.3) is 0 Å². The summed E-state index contributed by atoms with van der Waals surface area (Å²) < 4.78 is 46.4. The molecule has 0 aliphatic heterocycles. The lowest BCUT2D eigenvalue weighted by Gasteiger charge is -2.19. The molecule has 10 nitrogen and oxygen atoms in total. The second-order valence-corrected chi connectivity index (χ2v) is 13.2. The normalized spacial score (nSPS) is 11.6. The Hall–Kier alpha value is -3.55. The van der Waals surface area contributed by atoms with Crippen LogP contribution in [-0.4, -0.2) is 54.9 Å². The molecule has 2 aromatic heterocycles. The Morgan fingerprint density at radius 2 is 1.59 bits per heavy atom. The number of nitrogens with one attached hydrogen (secondary N) is 1. The van der Waals surface area contributed by atoms with E-state index in [0.717, 1.165) is 15.4 Å². The van der Waals surface area contributed by atoms with E-state index in [2.05, 4.69) is 45.4 Å². The van der Waals surface area contributed by atoms with E-state index in [0.29, 0.717) is 10.6 Å². The van der Waals surface area contributed by atoms with Crippen molar-refractivity contribution in [3.63, 3.8) is 0 Å². The lowest BCUT2D eigenvalue weighted by atomic mass is 9.87. The van der Waals surface area contributed by atoms with Crippen molar-refractivity contribution in [1.82, 2.24) is 19.9 Å². The number of thioether (sulfide) groups is 1. The summed E-state index contributed by atoms with van der Waals surface area (Å²) in [6.07, 6.45) is 6.53. The fourth-order valence-corrected chi connectivity index (χ4v) is 5.93. The summed E-state index contributed by atoms with van der Waals surface area (Å²) in [6, 6.07) is 14.4. The zero-order valence-electron chi connectivity index (χ0n) is 23.3. The second-order valence-electron chi connectivity index (χ2n) is 9.59. The van der Waals surface area contributed by atoms with Gasteiger partial charge in [0.1, 0.15) is 30.2 Å². The first kappa shape index (κ1) is 30.4. The van der Waals surface area contributed by atoms with E-state index >= 15 is 0 Å². The third-order valence-corrected chi connectivity index (χ3v) is 8.87. The summed E-state index contributed by atoms with van der Waals surface area (Å²) in [5.74, 6) is 0.856. The van der Waals surface area contributed by atoms with Crippen LogP contribution >= 0.6 is 23.5 Å². The van der Waals surface area contributed by atoms with Gasteiger partial charge in [0.2, 0.25) is 5.88 Å². The largest absolute Gasteiger partial charge is 0.496 e. The molecule has 4 aromatic rings. The van der Waals surface area contributed by atoms with E-state index in [9.17, 15) is 8.42 Å². The first-order valence-corrected chi connectivity index (χ1v) is 16.0. The van der Waals surface area contributed by atoms with Crippen LogP contribution in [0, 0.1) is 0 Å². The molecule has 0 bridgehead atoms. The lowest BCUT2D eigenvalue weighted by Crippen LogP contribution is -2.17. The maximum Gasteiger partial charge on any atom is 0.316 e. The van der Waals surface area contributed by atoms with Gasteiger partial charge in [0.25, 0.3) is 10.0 Å². The van der Waals surface area contributed by atoms with Gasteiger partial charge in [0, 0.05) is 17.3 Å². The number of sulfonamides is 1. The van der Waals surface area contributed by atoms with Crippen LogP contribution in [0.2, 0.25) is 0 Å². The van der Waals surface area contributed by atoms with Gasteiger partial charge in [-0.3, -0.25) is 4.72 Å². The van der Waals surface area contributed by atoms with Gasteiger partial charge in [-0.15, -0.1) is 11.8 Å². The highest BCUT2D eigenvalue weighted by atomic mass is 32.2. The SMILES string of the molecule is COc1ccccc1Sc1c(NS(=O)(=O)c2ccc(C(C)(C)C)cc2)ncnc1OCCOc1ncc(SC)cn1. The van der Waals surface area contributed by atoms with Crippen molar-refractivity contribution in [2.75, 3.05) is 31.3 Å². The fourth-order valence-electron chi connectivity index (χ4n) is 3.51. The Bertz CT molecular complexity index is 1560. The lowest BCUT2D eigenvalue weighted by molar-refractivity contribution is 0.198. The van der Waals surface area contributed by atoms with Gasteiger partial charge >= 0.3 is 6.01 Å². The van der Waals surface area contributed by atoms with Crippen molar-refractivity contribution in [2.45, 2.75) is 45.8 Å². The van der Waals surface area contributed by atoms with E-state index in [1.54, 1.807) is 31.6 Å². The molecule has 0 aliphatic carbocycles. The van der Waals surface area contributed by atoms with Crippen LogP contribution in [0.5, 0.6) is 17.6 Å². The van der Waals surface area contributed by atoms with Crippen molar-refractivity contribution >= 4 is 39.4 Å². The molecule has 0 aliphatic rings. The predicted octanol–water partition coefficient (Wildman–Crippen LogP) is 5.70. The van der Waals surface area contributed by atoms with Gasteiger partial charge in [0.05, 0.1) is 16.9 Å². The fraction of sp³-hybridized carbons (Fsp3) is 0.286. The van der Waals surface area contributed by atoms with Gasteiger partial charge in [-0.25, -0.2) is 28.4 Å². The molecule has 13 heteroatoms. The molecule has 0 fully saturated rings. The molecule has 0 spiro atoms. The Balaban J connectivity index is 1.58. The summed E-state index contributed by atoms with van der Waals surface area (Å²) in [6.45, 7) is 6.44. The van der Waals surface area contributed by atoms with Gasteiger partial charge < -0.3 is 14.2 Å². The molecule has 0 saturated carbocycles. The Kier molecular flexibility index (Phi) is 9.94. The molecule has 0 atom stereocenters. The highest BCUT2D eigenvalue weighted by molar-refractivity contribution is 8.00. The van der Waals surface area contributed by atoms with E-state index in [1.807, 2.05) is 42.7 Å². The third-order valence-electron chi connectivity index (χ3n) is 5.71. The number of nitrogens with zero attached hydrogens (tertiary/aromatic N) is 4. The number of methoxy groups -OCH3 is 1. The monoisotopic (exact) mass is 613 g/mol. The first-order chi connectivity index (χ1) is 19.6. The Morgan fingerprint density at radius 3 is 2.24 bits per heavy atom. The maximum atomic E-state index is 13.4. The second kappa shape index (κ2) is 13.4. The van der Waals surface area contributed by atoms with Crippen LogP contribution < -0.4 is 18.9 Å². The van der Waals surface area contributed by atoms with Crippen molar-refractivity contribution in [2.24, 2.45) is 0 Å². The van der Waals surface area contributed by atoms with Gasteiger partial charge in [-0.1, -0.05) is 56.8 Å². The maximum absolute atomic E-state index is 13.4. The van der Waals surface area contributed by atoms with Crippen molar-refractivity contribution in [3.05, 3.63) is 72.8 Å². The number of hydrogen-bond acceptors (Lipinski definition) is 11. The van der Waals surface area contributed by atoms with E-state index < -0.39 is 10.0 Å². The molecule has 41 heavy (non-hydrogen) atoms. The minimum absolute atomic E-state index is 0.0720. The summed E-state index contributed by atoms with van der Waals surface area (Å²) >= 11 is 2.76. The first-order valence-electron chi connectivity index (χ1n) is 12.5. The molecule has 4 rings (SSSR count). The Morgan fingerprint density at radius 1 is 0.902 bits per heavy atom. The molecule has 0 radical (unpaired) electrons. The average molecular weight is 614 g/mol. The van der Waals surface area contributed by atoms with Crippen LogP contribution in [0.15, 0.2) is 86.8 Å². The number of anilines is 1. The van der Waals surface area contributed by atoms with Crippen LogP contribution in [0.4, 0.5) is 5.82 Å². The number of ether oxygens (including phenoxy) is 3. The van der Waals surface area contributed by atoms with Crippen LogP contribution in [0.1, 0.15) is 26.3 Å². The summed E-state index contributed by atoms with van der Waals surface area (Å²) in [4.78, 5) is 19.0. The molecule has 0 unspecified atom stereocenters. The van der Waals surface area contributed by atoms with Gasteiger partial charge in [-0.2, -0.15) is 0 Å². The summed E-state index contributed by atoms with van der Waals surface area (Å²) in [7, 11) is -2.41. The molecule has 0 amide bonds. The van der Waals surface area contributed by atoms with Crippen molar-refractivity contribution in [1.29, 1.82) is 0 Å². The standard InChI is InChI=1S/C28H31N5O5S3/c1-28(2,3)19-10-12-21(13-11-19)41(34,35)33-25-24(40-23-9-7-6-8-22(23)36-4)26(32-18-31-25)37-14-15-38-27-29-16-20(39-5)17-30-27/h6-13,16-18H,14-15H2,1-5H3,(H,31,32,33). The molecular weight excluding hydrogens is 583 g/mol. The van der Waals surface area contributed by atoms with Crippen LogP contribution in [-0.2, 0) is 15.4 Å².